The zero-order valence-corrected chi connectivity index (χ0v) is 14.6. The van der Waals surface area contributed by atoms with E-state index >= 15 is 0 Å². The lowest BCUT2D eigenvalue weighted by atomic mass is 9.81. The second-order valence-electron chi connectivity index (χ2n) is 6.68. The van der Waals surface area contributed by atoms with Gasteiger partial charge < -0.3 is 14.8 Å². The predicted octanol–water partition coefficient (Wildman–Crippen LogP) is 4.11. The predicted molar refractivity (Wildman–Crippen MR) is 89.0 cm³/mol. The Balaban J connectivity index is 3.18. The Morgan fingerprint density at radius 2 is 1.86 bits per heavy atom. The average Bonchev–Trinajstić information content (AvgIpc) is 2.42. The van der Waals surface area contributed by atoms with Crippen LogP contribution in [0.25, 0.3) is 0 Å². The second-order valence-corrected chi connectivity index (χ2v) is 6.68. The van der Waals surface area contributed by atoms with Gasteiger partial charge in [-0.1, -0.05) is 33.8 Å². The molecule has 1 aromatic rings. The van der Waals surface area contributed by atoms with Crippen LogP contribution in [0.5, 0.6) is 5.75 Å². The van der Waals surface area contributed by atoms with Gasteiger partial charge in [0.2, 0.25) is 0 Å². The highest BCUT2D eigenvalue weighted by Crippen LogP contribution is 2.34. The molecule has 3 heteroatoms. The Bertz CT molecular complexity index is 437. The van der Waals surface area contributed by atoms with Crippen LogP contribution in [0.1, 0.15) is 51.3 Å². The summed E-state index contributed by atoms with van der Waals surface area (Å²) in [5.74, 6) is 0.898. The van der Waals surface area contributed by atoms with Crippen LogP contribution in [0.15, 0.2) is 18.2 Å². The third-order valence-electron chi connectivity index (χ3n) is 3.84. The van der Waals surface area contributed by atoms with Crippen LogP contribution in [0.4, 0.5) is 0 Å². The molecular weight excluding hydrogens is 262 g/mol. The maximum atomic E-state index is 5.85. The van der Waals surface area contributed by atoms with Crippen molar-refractivity contribution in [2.24, 2.45) is 5.41 Å². The van der Waals surface area contributed by atoms with E-state index in [0.717, 1.165) is 18.7 Å². The molecule has 0 saturated heterocycles. The minimum absolute atomic E-state index is 0.0620. The molecule has 1 rings (SSSR count). The van der Waals surface area contributed by atoms with E-state index in [4.69, 9.17) is 9.47 Å². The Labute approximate surface area is 130 Å². The van der Waals surface area contributed by atoms with Crippen molar-refractivity contribution in [3.05, 3.63) is 29.3 Å². The fourth-order valence-corrected chi connectivity index (χ4v) is 2.79. The number of benzene rings is 1. The lowest BCUT2D eigenvalue weighted by molar-refractivity contribution is -0.0120. The zero-order valence-electron chi connectivity index (χ0n) is 14.6. The molecule has 0 aliphatic heterocycles. The molecule has 120 valence electrons. The van der Waals surface area contributed by atoms with Crippen LogP contribution in [-0.2, 0) is 4.74 Å². The Kier molecular flexibility index (Phi) is 6.69. The second kappa shape index (κ2) is 7.81. The van der Waals surface area contributed by atoms with Gasteiger partial charge in [0.05, 0.1) is 19.3 Å². The maximum Gasteiger partial charge on any atom is 0.119 e. The third-order valence-corrected chi connectivity index (χ3v) is 3.84. The maximum absolute atomic E-state index is 5.85. The first-order chi connectivity index (χ1) is 9.85. The van der Waals surface area contributed by atoms with Gasteiger partial charge in [0, 0.05) is 7.11 Å². The molecule has 1 N–H and O–H groups in total. The number of nitrogens with one attached hydrogen (secondary N) is 1. The fourth-order valence-electron chi connectivity index (χ4n) is 2.79. The molecule has 2 atom stereocenters. The Morgan fingerprint density at radius 1 is 1.19 bits per heavy atom. The van der Waals surface area contributed by atoms with Gasteiger partial charge >= 0.3 is 0 Å². The van der Waals surface area contributed by atoms with Crippen molar-refractivity contribution in [1.29, 1.82) is 0 Å². The molecule has 0 heterocycles. The van der Waals surface area contributed by atoms with Gasteiger partial charge in [-0.3, -0.25) is 0 Å². The first-order valence-electron chi connectivity index (χ1n) is 7.75. The van der Waals surface area contributed by atoms with Crippen LogP contribution in [0.3, 0.4) is 0 Å². The number of hydrogen-bond acceptors (Lipinski definition) is 3. The van der Waals surface area contributed by atoms with Crippen molar-refractivity contribution in [3.63, 3.8) is 0 Å². The Morgan fingerprint density at radius 3 is 2.29 bits per heavy atom. The van der Waals surface area contributed by atoms with E-state index in [1.165, 1.54) is 11.1 Å². The molecule has 0 aliphatic rings. The highest BCUT2D eigenvalue weighted by molar-refractivity contribution is 5.37. The molecule has 0 spiro atoms. The summed E-state index contributed by atoms with van der Waals surface area (Å²) in [5.41, 5.74) is 2.58. The number of methoxy groups -OCH3 is 2. The monoisotopic (exact) mass is 293 g/mol. The van der Waals surface area contributed by atoms with Gasteiger partial charge in [0.1, 0.15) is 5.75 Å². The molecule has 0 aliphatic carbocycles. The average molecular weight is 293 g/mol. The summed E-state index contributed by atoms with van der Waals surface area (Å²) in [5, 5.41) is 3.66. The summed E-state index contributed by atoms with van der Waals surface area (Å²) in [6.07, 6.45) is 1.21. The van der Waals surface area contributed by atoms with E-state index in [1.54, 1.807) is 14.2 Å². The number of aryl methyl sites for hydroxylation is 1. The molecule has 0 radical (unpaired) electrons. The fraction of sp³-hybridized carbons (Fsp3) is 0.667. The van der Waals surface area contributed by atoms with Gasteiger partial charge in [-0.2, -0.15) is 0 Å². The van der Waals surface area contributed by atoms with Crippen molar-refractivity contribution in [2.75, 3.05) is 20.8 Å². The molecular formula is C18H31NO2. The highest BCUT2D eigenvalue weighted by atomic mass is 16.5. The molecule has 21 heavy (non-hydrogen) atoms. The molecule has 0 bridgehead atoms. The van der Waals surface area contributed by atoms with E-state index in [2.05, 4.69) is 52.1 Å². The molecule has 1 aromatic carbocycles. The van der Waals surface area contributed by atoms with E-state index < -0.39 is 0 Å². The van der Waals surface area contributed by atoms with Gasteiger partial charge in [-0.05, 0) is 48.6 Å². The molecule has 0 saturated carbocycles. The summed E-state index contributed by atoms with van der Waals surface area (Å²) in [4.78, 5) is 0. The summed E-state index contributed by atoms with van der Waals surface area (Å²) in [6, 6.07) is 6.45. The lowest BCUT2D eigenvalue weighted by Crippen LogP contribution is -2.42. The first kappa shape index (κ1) is 18.0. The number of rotatable bonds is 7. The van der Waals surface area contributed by atoms with Crippen molar-refractivity contribution < 1.29 is 9.47 Å². The van der Waals surface area contributed by atoms with Crippen molar-refractivity contribution in [3.8, 4) is 5.75 Å². The van der Waals surface area contributed by atoms with Crippen LogP contribution in [-0.4, -0.2) is 26.9 Å². The highest BCUT2D eigenvalue weighted by Gasteiger charge is 2.33. The van der Waals surface area contributed by atoms with E-state index in [9.17, 15) is 0 Å². The lowest BCUT2D eigenvalue weighted by Gasteiger charge is -2.37. The number of ether oxygens (including phenoxy) is 2. The first-order valence-corrected chi connectivity index (χ1v) is 7.75. The SMILES string of the molecule is CCCNC(c1ccc(OC)cc1C)C(OC)C(C)(C)C. The quantitative estimate of drug-likeness (QED) is 0.821. The normalized spacial score (nSPS) is 14.8. The topological polar surface area (TPSA) is 30.5 Å². The van der Waals surface area contributed by atoms with Crippen LogP contribution in [0, 0.1) is 12.3 Å². The van der Waals surface area contributed by atoms with Crippen LogP contribution >= 0.6 is 0 Å². The number of hydrogen-bond donors (Lipinski definition) is 1. The van der Waals surface area contributed by atoms with Gasteiger partial charge in [0.25, 0.3) is 0 Å². The van der Waals surface area contributed by atoms with E-state index in [-0.39, 0.29) is 17.6 Å². The molecule has 3 nitrogen and oxygen atoms in total. The summed E-state index contributed by atoms with van der Waals surface area (Å²) >= 11 is 0. The molecule has 0 amide bonds. The smallest absolute Gasteiger partial charge is 0.119 e. The summed E-state index contributed by atoms with van der Waals surface area (Å²) in [7, 11) is 3.50. The van der Waals surface area contributed by atoms with Crippen LogP contribution < -0.4 is 10.1 Å². The van der Waals surface area contributed by atoms with Gasteiger partial charge in [-0.25, -0.2) is 0 Å². The standard InChI is InChI=1S/C18H31NO2/c1-8-11-19-16(17(21-7)18(3,4)5)15-10-9-14(20-6)12-13(15)2/h9-10,12,16-17,19H,8,11H2,1-7H3. The largest absolute Gasteiger partial charge is 0.497 e. The molecule has 0 fully saturated rings. The molecule has 2 unspecified atom stereocenters. The third kappa shape index (κ3) is 4.72. The van der Waals surface area contributed by atoms with E-state index in [1.807, 2.05) is 6.07 Å². The van der Waals surface area contributed by atoms with Crippen molar-refractivity contribution >= 4 is 0 Å². The van der Waals surface area contributed by atoms with Crippen molar-refractivity contribution in [1.82, 2.24) is 5.32 Å². The molecule has 0 aromatic heterocycles. The minimum atomic E-state index is 0.0620. The van der Waals surface area contributed by atoms with Gasteiger partial charge in [-0.15, -0.1) is 0 Å². The minimum Gasteiger partial charge on any atom is -0.497 e. The van der Waals surface area contributed by atoms with Crippen LogP contribution in [0.2, 0.25) is 0 Å². The summed E-state index contributed by atoms with van der Waals surface area (Å²) in [6.45, 7) is 12.0. The summed E-state index contributed by atoms with van der Waals surface area (Å²) < 4.78 is 11.2. The van der Waals surface area contributed by atoms with Gasteiger partial charge in [0.15, 0.2) is 0 Å². The Hall–Kier alpha value is -1.06. The van der Waals surface area contributed by atoms with E-state index in [0.29, 0.717) is 0 Å². The van der Waals surface area contributed by atoms with Crippen molar-refractivity contribution in [2.45, 2.75) is 53.2 Å². The zero-order chi connectivity index (χ0) is 16.0.